The predicted molar refractivity (Wildman–Crippen MR) is 154 cm³/mol. The number of alkyl halides is 3. The summed E-state index contributed by atoms with van der Waals surface area (Å²) in [5.41, 5.74) is 3.48. The van der Waals surface area contributed by atoms with Gasteiger partial charge in [-0.2, -0.15) is 18.2 Å². The van der Waals surface area contributed by atoms with E-state index in [9.17, 15) is 22.8 Å². The van der Waals surface area contributed by atoms with Crippen molar-refractivity contribution in [2.24, 2.45) is 5.41 Å². The van der Waals surface area contributed by atoms with Gasteiger partial charge in [-0.25, -0.2) is 9.94 Å². The molecule has 0 aliphatic carbocycles. The van der Waals surface area contributed by atoms with Gasteiger partial charge in [0.2, 0.25) is 17.8 Å². The lowest BCUT2D eigenvalue weighted by Crippen LogP contribution is -2.57. The lowest BCUT2D eigenvalue weighted by Gasteiger charge is -2.43. The first-order valence-corrected chi connectivity index (χ1v) is 14.8. The zero-order valence-electron chi connectivity index (χ0n) is 24.8. The van der Waals surface area contributed by atoms with Gasteiger partial charge in [-0.3, -0.25) is 9.59 Å². The highest BCUT2D eigenvalue weighted by Crippen LogP contribution is 2.42. The second-order valence-corrected chi connectivity index (χ2v) is 12.7. The van der Waals surface area contributed by atoms with Crippen LogP contribution >= 0.6 is 0 Å². The largest absolute Gasteiger partial charge is 0.394 e. The minimum absolute atomic E-state index is 0.0772. The second kappa shape index (κ2) is 11.2. The molecule has 3 saturated heterocycles. The molecule has 15 heteroatoms. The summed E-state index contributed by atoms with van der Waals surface area (Å²) in [5, 5.41) is 9.62. The quantitative estimate of drug-likeness (QED) is 0.489. The van der Waals surface area contributed by atoms with E-state index >= 15 is 0 Å². The molecule has 4 aliphatic rings. The third-order valence-corrected chi connectivity index (χ3v) is 9.03. The molecule has 6 heterocycles. The maximum absolute atomic E-state index is 13.5. The van der Waals surface area contributed by atoms with Crippen molar-refractivity contribution in [1.82, 2.24) is 39.7 Å². The number of nitrogens with zero attached hydrogens (tertiary/aromatic N) is 8. The highest BCUT2D eigenvalue weighted by atomic mass is 19.4. The van der Waals surface area contributed by atoms with Crippen LogP contribution in [0.15, 0.2) is 30.2 Å². The first kappa shape index (κ1) is 29.5. The lowest BCUT2D eigenvalue weighted by molar-refractivity contribution is -0.215. The van der Waals surface area contributed by atoms with Crippen LogP contribution in [0.4, 0.5) is 24.8 Å². The van der Waals surface area contributed by atoms with E-state index in [-0.39, 0.29) is 24.5 Å². The molecule has 2 atom stereocenters. The first-order valence-electron chi connectivity index (χ1n) is 14.8. The number of hydrogen-bond acceptors (Lipinski definition) is 9. The molecule has 0 spiro atoms. The number of pyridine rings is 1. The molecular weight excluding hydrogens is 565 g/mol. The van der Waals surface area contributed by atoms with Gasteiger partial charge in [0.15, 0.2) is 5.65 Å². The smallest absolute Gasteiger partial charge is 0.364 e. The van der Waals surface area contributed by atoms with Crippen molar-refractivity contribution < 1.29 is 22.8 Å². The number of fused-ring (bicyclic) bond motifs is 3. The Kier molecular flexibility index (Phi) is 7.65. The van der Waals surface area contributed by atoms with Crippen molar-refractivity contribution in [3.8, 4) is 0 Å². The number of carbonyl (C=O) groups excluding carboxylic acids is 2. The fourth-order valence-electron chi connectivity index (χ4n) is 6.36. The normalized spacial score (nSPS) is 23.3. The summed E-state index contributed by atoms with van der Waals surface area (Å²) in [6.45, 7) is 7.17. The van der Waals surface area contributed by atoms with E-state index in [4.69, 9.17) is 4.98 Å². The average Bonchev–Trinajstić information content (AvgIpc) is 3.63. The minimum atomic E-state index is -4.44. The molecule has 0 saturated carbocycles. The Morgan fingerprint density at radius 2 is 1.77 bits per heavy atom. The van der Waals surface area contributed by atoms with Gasteiger partial charge in [0.1, 0.15) is 6.54 Å². The molecule has 2 aromatic heterocycles. The Balaban J connectivity index is 1.10. The van der Waals surface area contributed by atoms with Crippen molar-refractivity contribution in [1.29, 1.82) is 0 Å². The second-order valence-electron chi connectivity index (χ2n) is 12.7. The van der Waals surface area contributed by atoms with Crippen LogP contribution in [0.25, 0.3) is 5.65 Å². The van der Waals surface area contributed by atoms with Crippen molar-refractivity contribution in [3.63, 3.8) is 0 Å². The molecule has 234 valence electrons. The van der Waals surface area contributed by atoms with E-state index in [0.29, 0.717) is 31.2 Å². The number of nitrogens with one attached hydrogen (secondary N) is 2. The van der Waals surface area contributed by atoms with Gasteiger partial charge in [-0.05, 0) is 32.0 Å². The molecule has 2 amide bonds. The van der Waals surface area contributed by atoms with Gasteiger partial charge >= 0.3 is 6.18 Å². The van der Waals surface area contributed by atoms with Gasteiger partial charge in [-0.1, -0.05) is 13.8 Å². The number of halogens is 3. The summed E-state index contributed by atoms with van der Waals surface area (Å²) >= 11 is 0. The van der Waals surface area contributed by atoms with Crippen molar-refractivity contribution in [2.45, 2.75) is 51.4 Å². The first-order chi connectivity index (χ1) is 20.4. The number of hydrazine groups is 1. The fraction of sp³-hybridized carbons (Fsp3) is 0.643. The zero-order valence-corrected chi connectivity index (χ0v) is 24.8. The van der Waals surface area contributed by atoms with Crippen molar-refractivity contribution in [3.05, 3.63) is 30.2 Å². The molecule has 2 unspecified atom stereocenters. The van der Waals surface area contributed by atoms with E-state index in [2.05, 4.69) is 32.7 Å². The number of amides is 2. The van der Waals surface area contributed by atoms with Gasteiger partial charge < -0.3 is 29.9 Å². The lowest BCUT2D eigenvalue weighted by atomic mass is 9.87. The summed E-state index contributed by atoms with van der Waals surface area (Å²) in [7, 11) is 2.06. The maximum Gasteiger partial charge on any atom is 0.394 e. The predicted octanol–water partition coefficient (Wildman–Crippen LogP) is 1.74. The van der Waals surface area contributed by atoms with Gasteiger partial charge in [0, 0.05) is 70.2 Å². The average molecular weight is 605 g/mol. The number of likely N-dealkylation sites (N-methyl/N-ethyl adjacent to an activating group) is 1. The van der Waals surface area contributed by atoms with Crippen LogP contribution in [0.5, 0.6) is 0 Å². The SMILES string of the molecule is CN1CCN(C(=O)CN2C=C(Nc3nc4c(N5CC6CCC(C5)N6C(=O)CC(C)(C)C(F)(F)F)cccn4n3)CN2)CC1. The van der Waals surface area contributed by atoms with Crippen LogP contribution < -0.4 is 15.6 Å². The Hall–Kier alpha value is -3.59. The van der Waals surface area contributed by atoms with E-state index in [0.717, 1.165) is 64.3 Å². The standard InChI is InChI=1S/C28H39F3N10O2/c1-27(2,28(29,30)31)13-23(42)41-20-6-7-21(41)17-38(16-20)22-5-4-8-40-25(22)34-26(35-40)33-19-14-32-39(15-19)18-24(43)37-11-9-36(3)10-12-37/h4-5,8,15,20-21,32H,6-7,9-14,16-18H2,1-3H3,(H,33,35). The van der Waals surface area contributed by atoms with Crippen LogP contribution in [0.1, 0.15) is 33.1 Å². The Morgan fingerprint density at radius 1 is 1.07 bits per heavy atom. The summed E-state index contributed by atoms with van der Waals surface area (Å²) in [6, 6.07) is 3.55. The van der Waals surface area contributed by atoms with E-state index in [1.165, 1.54) is 0 Å². The maximum atomic E-state index is 13.5. The number of carbonyl (C=O) groups is 2. The summed E-state index contributed by atoms with van der Waals surface area (Å²) < 4.78 is 42.1. The molecule has 0 aromatic carbocycles. The van der Waals surface area contributed by atoms with E-state index in [1.54, 1.807) is 14.4 Å². The highest BCUT2D eigenvalue weighted by molar-refractivity contribution is 5.79. The van der Waals surface area contributed by atoms with Crippen LogP contribution in [-0.2, 0) is 9.59 Å². The minimum Gasteiger partial charge on any atom is -0.364 e. The molecule has 0 radical (unpaired) electrons. The zero-order chi connectivity index (χ0) is 30.5. The van der Waals surface area contributed by atoms with Crippen LogP contribution in [0.3, 0.4) is 0 Å². The monoisotopic (exact) mass is 604 g/mol. The summed E-state index contributed by atoms with van der Waals surface area (Å²) in [4.78, 5) is 38.5. The van der Waals surface area contributed by atoms with Crippen molar-refractivity contribution in [2.75, 3.05) is 69.6 Å². The third-order valence-electron chi connectivity index (χ3n) is 9.03. The third kappa shape index (κ3) is 5.96. The van der Waals surface area contributed by atoms with E-state index < -0.39 is 23.9 Å². The molecule has 2 bridgehead atoms. The van der Waals surface area contributed by atoms with Gasteiger partial charge in [0.25, 0.3) is 0 Å². The molecule has 2 N–H and O–H groups in total. The Morgan fingerprint density at radius 3 is 2.44 bits per heavy atom. The number of anilines is 2. The number of aromatic nitrogens is 3. The van der Waals surface area contributed by atoms with Crippen molar-refractivity contribution >= 4 is 29.1 Å². The van der Waals surface area contributed by atoms with Crippen LogP contribution in [0, 0.1) is 5.41 Å². The molecular formula is C28H39F3N10O2. The topological polar surface area (TPSA) is 105 Å². The van der Waals surface area contributed by atoms with E-state index in [1.807, 2.05) is 29.4 Å². The summed E-state index contributed by atoms with van der Waals surface area (Å²) in [6.07, 6.45) is 0.198. The van der Waals surface area contributed by atoms with Crippen LogP contribution in [0.2, 0.25) is 0 Å². The molecule has 43 heavy (non-hydrogen) atoms. The van der Waals surface area contributed by atoms with Gasteiger partial charge in [-0.15, -0.1) is 5.10 Å². The number of piperazine rings is 2. The molecule has 3 fully saturated rings. The Labute approximate surface area is 248 Å². The fourth-order valence-corrected chi connectivity index (χ4v) is 6.36. The van der Waals surface area contributed by atoms with Gasteiger partial charge in [0.05, 0.1) is 23.3 Å². The number of rotatable bonds is 7. The summed E-state index contributed by atoms with van der Waals surface area (Å²) in [5.74, 6) is 0.0618. The molecule has 2 aromatic rings. The van der Waals surface area contributed by atoms with Crippen LogP contribution in [-0.4, -0.2) is 124 Å². The molecule has 4 aliphatic heterocycles. The molecule has 12 nitrogen and oxygen atoms in total. The molecule has 6 rings (SSSR count). The Bertz CT molecular complexity index is 1390. The number of hydrogen-bond donors (Lipinski definition) is 2. The highest BCUT2D eigenvalue weighted by Gasteiger charge is 2.51.